The highest BCUT2D eigenvalue weighted by molar-refractivity contribution is 7.99. The minimum Gasteiger partial charge on any atom is -0.496 e. The van der Waals surface area contributed by atoms with Gasteiger partial charge in [-0.15, -0.1) is 0 Å². The lowest BCUT2D eigenvalue weighted by Crippen LogP contribution is -1.98. The number of hydrogen-bond donors (Lipinski definition) is 0. The van der Waals surface area contributed by atoms with E-state index in [0.29, 0.717) is 38.8 Å². The predicted octanol–water partition coefficient (Wildman–Crippen LogP) is 6.48. The van der Waals surface area contributed by atoms with Crippen molar-refractivity contribution >= 4 is 23.7 Å². The van der Waals surface area contributed by atoms with Crippen molar-refractivity contribution in [2.24, 2.45) is 0 Å². The molecule has 4 aromatic rings. The van der Waals surface area contributed by atoms with Gasteiger partial charge in [-0.05, 0) is 30.7 Å². The molecule has 0 aliphatic carbocycles. The average molecular weight is 482 g/mol. The third kappa shape index (κ3) is 4.90. The standard InChI is InChI=1S/C27H19N3O4S/c1-17-8-10-21(25(12-17)34-2)22-14-24(18-6-4-3-5-7-18)29-27(23(22)15-28)35-26-11-9-20(30(32)33)13-19(26)16-31/h3-14,16H,1-2H3. The molecule has 0 aliphatic rings. The van der Waals surface area contributed by atoms with Gasteiger partial charge in [-0.1, -0.05) is 54.2 Å². The summed E-state index contributed by atoms with van der Waals surface area (Å²) < 4.78 is 5.61. The van der Waals surface area contributed by atoms with Gasteiger partial charge in [0, 0.05) is 39.3 Å². The number of nitro benzene ring substituents is 1. The first kappa shape index (κ1) is 23.7. The van der Waals surface area contributed by atoms with Gasteiger partial charge in [-0.2, -0.15) is 5.26 Å². The maximum Gasteiger partial charge on any atom is 0.270 e. The molecule has 7 nitrogen and oxygen atoms in total. The van der Waals surface area contributed by atoms with E-state index in [9.17, 15) is 20.2 Å². The molecule has 172 valence electrons. The molecule has 3 aromatic carbocycles. The number of rotatable bonds is 7. The Bertz CT molecular complexity index is 1480. The van der Waals surface area contributed by atoms with E-state index in [-0.39, 0.29) is 11.3 Å². The van der Waals surface area contributed by atoms with Crippen molar-refractivity contribution in [3.8, 4) is 34.2 Å². The molecule has 1 heterocycles. The fourth-order valence-corrected chi connectivity index (χ4v) is 4.60. The zero-order chi connectivity index (χ0) is 24.9. The van der Waals surface area contributed by atoms with Crippen molar-refractivity contribution in [2.75, 3.05) is 7.11 Å². The first-order chi connectivity index (χ1) is 16.9. The Morgan fingerprint density at radius 1 is 1.06 bits per heavy atom. The van der Waals surface area contributed by atoms with Crippen LogP contribution in [0.3, 0.4) is 0 Å². The molecule has 4 rings (SSSR count). The van der Waals surface area contributed by atoms with Crippen LogP contribution < -0.4 is 4.74 Å². The lowest BCUT2D eigenvalue weighted by molar-refractivity contribution is -0.384. The molecule has 0 atom stereocenters. The summed E-state index contributed by atoms with van der Waals surface area (Å²) in [4.78, 5) is 27.5. The highest BCUT2D eigenvalue weighted by atomic mass is 32.2. The molecule has 0 radical (unpaired) electrons. The van der Waals surface area contributed by atoms with Gasteiger partial charge in [0.2, 0.25) is 0 Å². The fraction of sp³-hybridized carbons (Fsp3) is 0.0741. The predicted molar refractivity (Wildman–Crippen MR) is 134 cm³/mol. The Labute approximate surface area is 206 Å². The fourth-order valence-electron chi connectivity index (χ4n) is 3.63. The van der Waals surface area contributed by atoms with Crippen molar-refractivity contribution < 1.29 is 14.5 Å². The number of carbonyl (C=O) groups excluding carboxylic acids is 1. The number of pyridine rings is 1. The smallest absolute Gasteiger partial charge is 0.270 e. The van der Waals surface area contributed by atoms with Crippen molar-refractivity contribution in [3.05, 3.63) is 99.6 Å². The first-order valence-electron chi connectivity index (χ1n) is 10.5. The molecule has 1 aromatic heterocycles. The van der Waals surface area contributed by atoms with Crippen LogP contribution in [-0.2, 0) is 0 Å². The minimum absolute atomic E-state index is 0.148. The second-order valence-corrected chi connectivity index (χ2v) is 8.65. The van der Waals surface area contributed by atoms with Gasteiger partial charge in [0.05, 0.1) is 23.3 Å². The molecule has 0 unspecified atom stereocenters. The average Bonchev–Trinajstić information content (AvgIpc) is 2.88. The summed E-state index contributed by atoms with van der Waals surface area (Å²) in [6, 6.07) is 23.4. The SMILES string of the molecule is COc1cc(C)ccc1-c1cc(-c2ccccc2)nc(Sc2ccc([N+](=O)[O-])cc2C=O)c1C#N. The van der Waals surface area contributed by atoms with Gasteiger partial charge in [0.25, 0.3) is 5.69 Å². The van der Waals surface area contributed by atoms with Gasteiger partial charge in [-0.25, -0.2) is 4.98 Å². The number of methoxy groups -OCH3 is 1. The number of non-ortho nitro benzene ring substituents is 1. The molecule has 0 N–H and O–H groups in total. The van der Waals surface area contributed by atoms with Crippen LogP contribution in [-0.4, -0.2) is 23.3 Å². The Hall–Kier alpha value is -4.48. The lowest BCUT2D eigenvalue weighted by atomic mass is 9.97. The van der Waals surface area contributed by atoms with Crippen molar-refractivity contribution in [1.29, 1.82) is 5.26 Å². The summed E-state index contributed by atoms with van der Waals surface area (Å²) in [7, 11) is 1.58. The van der Waals surface area contributed by atoms with Gasteiger partial charge in [-0.3, -0.25) is 14.9 Å². The summed E-state index contributed by atoms with van der Waals surface area (Å²) in [5, 5.41) is 21.7. The number of benzene rings is 3. The second-order valence-electron chi connectivity index (χ2n) is 7.62. The summed E-state index contributed by atoms with van der Waals surface area (Å²) in [5.41, 5.74) is 4.14. The number of aromatic nitrogens is 1. The van der Waals surface area contributed by atoms with E-state index in [1.165, 1.54) is 18.2 Å². The van der Waals surface area contributed by atoms with E-state index < -0.39 is 4.92 Å². The van der Waals surface area contributed by atoms with Crippen LogP contribution in [0.15, 0.2) is 82.7 Å². The van der Waals surface area contributed by atoms with Crippen LogP contribution in [0.25, 0.3) is 22.4 Å². The normalized spacial score (nSPS) is 10.4. The Morgan fingerprint density at radius 2 is 1.83 bits per heavy atom. The molecule has 8 heteroatoms. The van der Waals surface area contributed by atoms with E-state index in [0.717, 1.165) is 28.5 Å². The Balaban J connectivity index is 1.96. The van der Waals surface area contributed by atoms with Crippen LogP contribution in [0.5, 0.6) is 5.75 Å². The third-order valence-electron chi connectivity index (χ3n) is 5.35. The first-order valence-corrected chi connectivity index (χ1v) is 11.3. The third-order valence-corrected chi connectivity index (χ3v) is 6.43. The Morgan fingerprint density at radius 3 is 2.49 bits per heavy atom. The molecule has 35 heavy (non-hydrogen) atoms. The summed E-state index contributed by atoms with van der Waals surface area (Å²) in [5.74, 6) is 0.617. The van der Waals surface area contributed by atoms with Crippen LogP contribution in [0, 0.1) is 28.4 Å². The molecular weight excluding hydrogens is 462 g/mol. The largest absolute Gasteiger partial charge is 0.496 e. The van der Waals surface area contributed by atoms with Crippen molar-refractivity contribution in [2.45, 2.75) is 16.8 Å². The molecule has 0 fully saturated rings. The number of carbonyl (C=O) groups is 1. The monoisotopic (exact) mass is 481 g/mol. The molecular formula is C27H19N3O4S. The van der Waals surface area contributed by atoms with E-state index in [1.54, 1.807) is 7.11 Å². The zero-order valence-corrected chi connectivity index (χ0v) is 19.7. The van der Waals surface area contributed by atoms with Crippen LogP contribution in [0.1, 0.15) is 21.5 Å². The topological polar surface area (TPSA) is 106 Å². The van der Waals surface area contributed by atoms with Crippen molar-refractivity contribution in [3.63, 3.8) is 0 Å². The number of nitrogens with zero attached hydrogens (tertiary/aromatic N) is 3. The number of ether oxygens (including phenoxy) is 1. The van der Waals surface area contributed by atoms with E-state index >= 15 is 0 Å². The number of aldehydes is 1. The molecule has 0 saturated heterocycles. The van der Waals surface area contributed by atoms with Gasteiger partial charge >= 0.3 is 0 Å². The second kappa shape index (κ2) is 10.2. The maximum atomic E-state index is 11.7. The van der Waals surface area contributed by atoms with E-state index in [1.807, 2.05) is 61.5 Å². The zero-order valence-electron chi connectivity index (χ0n) is 18.9. The molecule has 0 saturated carbocycles. The van der Waals surface area contributed by atoms with Crippen LogP contribution in [0.4, 0.5) is 5.69 Å². The summed E-state index contributed by atoms with van der Waals surface area (Å²) in [6.45, 7) is 1.95. The van der Waals surface area contributed by atoms with Gasteiger partial charge in [0.15, 0.2) is 6.29 Å². The van der Waals surface area contributed by atoms with E-state index in [2.05, 4.69) is 6.07 Å². The molecule has 0 spiro atoms. The van der Waals surface area contributed by atoms with Gasteiger partial charge < -0.3 is 4.74 Å². The molecule has 0 bridgehead atoms. The lowest BCUT2D eigenvalue weighted by Gasteiger charge is -2.15. The van der Waals surface area contributed by atoms with Crippen LogP contribution >= 0.6 is 11.8 Å². The summed E-state index contributed by atoms with van der Waals surface area (Å²) >= 11 is 1.12. The highest BCUT2D eigenvalue weighted by Gasteiger charge is 2.20. The van der Waals surface area contributed by atoms with Crippen LogP contribution in [0.2, 0.25) is 0 Å². The number of hydrogen-bond acceptors (Lipinski definition) is 7. The molecule has 0 aliphatic heterocycles. The Kier molecular flexibility index (Phi) is 6.90. The molecule has 0 amide bonds. The summed E-state index contributed by atoms with van der Waals surface area (Å²) in [6.07, 6.45) is 0.562. The quantitative estimate of drug-likeness (QED) is 0.169. The maximum absolute atomic E-state index is 11.7. The number of nitriles is 1. The van der Waals surface area contributed by atoms with E-state index in [4.69, 9.17) is 9.72 Å². The number of nitro groups is 1. The van der Waals surface area contributed by atoms with Crippen molar-refractivity contribution in [1.82, 2.24) is 4.98 Å². The van der Waals surface area contributed by atoms with Gasteiger partial charge in [0.1, 0.15) is 16.8 Å². The highest BCUT2D eigenvalue weighted by Crippen LogP contribution is 2.41. The minimum atomic E-state index is -0.557. The number of aryl methyl sites for hydroxylation is 1.